The van der Waals surface area contributed by atoms with E-state index in [1.807, 2.05) is 0 Å². The van der Waals surface area contributed by atoms with Gasteiger partial charge in [0.05, 0.1) is 17.5 Å². The first-order valence-corrected chi connectivity index (χ1v) is 10.1. The average molecular weight is 471 g/mol. The summed E-state index contributed by atoms with van der Waals surface area (Å²) < 4.78 is 18.4. The van der Waals surface area contributed by atoms with Crippen LogP contribution in [0, 0.1) is 5.82 Å². The van der Waals surface area contributed by atoms with E-state index in [-0.39, 0.29) is 49.1 Å². The molecule has 0 aromatic heterocycles. The summed E-state index contributed by atoms with van der Waals surface area (Å²) in [5.41, 5.74) is 0.380. The first-order valence-electron chi connectivity index (χ1n) is 9.32. The Labute approximate surface area is 188 Å². The van der Waals surface area contributed by atoms with E-state index in [9.17, 15) is 23.9 Å². The number of rotatable bonds is 11. The SMILES string of the molecule is O=C(COc1ccc(Cl)c(F)c1)NC[C@@H](O)CCNC(=O)CC(=O)c1ccc(Cl)cc1. The van der Waals surface area contributed by atoms with Crippen LogP contribution in [0.2, 0.25) is 10.0 Å². The zero-order valence-corrected chi connectivity index (χ0v) is 17.9. The number of amides is 2. The highest BCUT2D eigenvalue weighted by Gasteiger charge is 2.13. The van der Waals surface area contributed by atoms with Crippen molar-refractivity contribution in [1.29, 1.82) is 0 Å². The van der Waals surface area contributed by atoms with E-state index in [0.717, 1.165) is 6.07 Å². The average Bonchev–Trinajstić information content (AvgIpc) is 2.73. The van der Waals surface area contributed by atoms with Gasteiger partial charge in [0.1, 0.15) is 11.6 Å². The summed E-state index contributed by atoms with van der Waals surface area (Å²) >= 11 is 11.3. The summed E-state index contributed by atoms with van der Waals surface area (Å²) in [4.78, 5) is 35.6. The van der Waals surface area contributed by atoms with Crippen molar-refractivity contribution in [3.05, 3.63) is 63.9 Å². The highest BCUT2D eigenvalue weighted by atomic mass is 35.5. The third-order valence-electron chi connectivity index (χ3n) is 4.08. The van der Waals surface area contributed by atoms with Gasteiger partial charge in [-0.3, -0.25) is 14.4 Å². The summed E-state index contributed by atoms with van der Waals surface area (Å²) in [6, 6.07) is 10.0. The highest BCUT2D eigenvalue weighted by Crippen LogP contribution is 2.20. The Morgan fingerprint density at radius 1 is 1.03 bits per heavy atom. The third kappa shape index (κ3) is 8.92. The van der Waals surface area contributed by atoms with Gasteiger partial charge in [-0.2, -0.15) is 0 Å². The topological polar surface area (TPSA) is 105 Å². The van der Waals surface area contributed by atoms with Gasteiger partial charge in [-0.05, 0) is 42.8 Å². The van der Waals surface area contributed by atoms with Crippen molar-refractivity contribution < 1.29 is 28.6 Å². The van der Waals surface area contributed by atoms with E-state index in [2.05, 4.69) is 10.6 Å². The van der Waals surface area contributed by atoms with Gasteiger partial charge < -0.3 is 20.5 Å². The molecule has 7 nitrogen and oxygen atoms in total. The van der Waals surface area contributed by atoms with Crippen LogP contribution in [0.1, 0.15) is 23.2 Å². The third-order valence-corrected chi connectivity index (χ3v) is 4.64. The van der Waals surface area contributed by atoms with Crippen molar-refractivity contribution in [3.8, 4) is 5.75 Å². The Kier molecular flexibility index (Phi) is 9.71. The van der Waals surface area contributed by atoms with Gasteiger partial charge in [0, 0.05) is 29.7 Å². The fourth-order valence-corrected chi connectivity index (χ4v) is 2.67. The molecule has 31 heavy (non-hydrogen) atoms. The van der Waals surface area contributed by atoms with Crippen molar-refractivity contribution in [2.24, 2.45) is 0 Å². The molecule has 3 N–H and O–H groups in total. The standard InChI is InChI=1S/C21H21Cl2FN2O5/c22-14-3-1-13(2-4-14)19(28)10-20(29)25-8-7-15(27)11-26-21(30)12-31-16-5-6-17(23)18(24)9-16/h1-6,9,15,27H,7-8,10-12H2,(H,25,29)(H,26,30)/t15-/m0/s1. The monoisotopic (exact) mass is 470 g/mol. The van der Waals surface area contributed by atoms with Gasteiger partial charge in [0.25, 0.3) is 5.91 Å². The Hall–Kier alpha value is -2.68. The van der Waals surface area contributed by atoms with Gasteiger partial charge in [-0.1, -0.05) is 23.2 Å². The molecule has 0 heterocycles. The van der Waals surface area contributed by atoms with Crippen molar-refractivity contribution in [2.75, 3.05) is 19.7 Å². The van der Waals surface area contributed by atoms with E-state index in [1.165, 1.54) is 24.3 Å². The number of nitrogens with one attached hydrogen (secondary N) is 2. The lowest BCUT2D eigenvalue weighted by molar-refractivity contribution is -0.124. The Bertz CT molecular complexity index is 924. The fourth-order valence-electron chi connectivity index (χ4n) is 2.42. The molecule has 2 aromatic carbocycles. The Balaban J connectivity index is 1.60. The molecule has 2 aromatic rings. The van der Waals surface area contributed by atoms with Gasteiger partial charge in [-0.25, -0.2) is 4.39 Å². The fraction of sp³-hybridized carbons (Fsp3) is 0.286. The minimum Gasteiger partial charge on any atom is -0.484 e. The lowest BCUT2D eigenvalue weighted by Gasteiger charge is -2.13. The lowest BCUT2D eigenvalue weighted by Crippen LogP contribution is -2.37. The molecule has 0 saturated heterocycles. The van der Waals surface area contributed by atoms with Crippen LogP contribution in [0.25, 0.3) is 0 Å². The second kappa shape index (κ2) is 12.2. The number of carbonyl (C=O) groups excluding carboxylic acids is 3. The van der Waals surface area contributed by atoms with Crippen LogP contribution in [-0.4, -0.2) is 48.5 Å². The molecule has 0 bridgehead atoms. The minimum atomic E-state index is -0.913. The molecule has 2 amide bonds. The largest absolute Gasteiger partial charge is 0.484 e. The minimum absolute atomic E-state index is 0.0543. The zero-order chi connectivity index (χ0) is 22.8. The number of carbonyl (C=O) groups is 3. The number of hydrogen-bond donors (Lipinski definition) is 3. The molecule has 0 spiro atoms. The molecule has 10 heteroatoms. The van der Waals surface area contributed by atoms with E-state index < -0.39 is 23.7 Å². The summed E-state index contributed by atoms with van der Waals surface area (Å²) in [6.45, 7) is -0.293. The van der Waals surface area contributed by atoms with Gasteiger partial charge in [0.15, 0.2) is 12.4 Å². The van der Waals surface area contributed by atoms with Crippen LogP contribution in [0.15, 0.2) is 42.5 Å². The van der Waals surface area contributed by atoms with Crippen molar-refractivity contribution in [1.82, 2.24) is 10.6 Å². The number of ketones is 1. The zero-order valence-electron chi connectivity index (χ0n) is 16.4. The van der Waals surface area contributed by atoms with E-state index >= 15 is 0 Å². The van der Waals surface area contributed by atoms with Crippen molar-refractivity contribution >= 4 is 40.8 Å². The molecular weight excluding hydrogens is 450 g/mol. The van der Waals surface area contributed by atoms with E-state index in [0.29, 0.717) is 10.6 Å². The predicted molar refractivity (Wildman–Crippen MR) is 114 cm³/mol. The number of Topliss-reactive ketones (excluding diaryl/α,β-unsaturated/α-hetero) is 1. The normalized spacial score (nSPS) is 11.5. The number of aliphatic hydroxyl groups is 1. The van der Waals surface area contributed by atoms with Gasteiger partial charge in [0.2, 0.25) is 5.91 Å². The molecule has 0 radical (unpaired) electrons. The summed E-state index contributed by atoms with van der Waals surface area (Å²) in [5.74, 6) is -1.84. The maximum Gasteiger partial charge on any atom is 0.258 e. The Morgan fingerprint density at radius 3 is 2.42 bits per heavy atom. The van der Waals surface area contributed by atoms with Gasteiger partial charge >= 0.3 is 0 Å². The molecule has 0 aliphatic heterocycles. The summed E-state index contributed by atoms with van der Waals surface area (Å²) in [7, 11) is 0. The van der Waals surface area contributed by atoms with Gasteiger partial charge in [-0.15, -0.1) is 0 Å². The second-order valence-electron chi connectivity index (χ2n) is 6.57. The number of hydrogen-bond acceptors (Lipinski definition) is 5. The van der Waals surface area contributed by atoms with Crippen LogP contribution >= 0.6 is 23.2 Å². The van der Waals surface area contributed by atoms with Crippen LogP contribution in [0.4, 0.5) is 4.39 Å². The molecule has 0 aliphatic rings. The maximum absolute atomic E-state index is 13.3. The Morgan fingerprint density at radius 2 is 1.74 bits per heavy atom. The second-order valence-corrected chi connectivity index (χ2v) is 7.41. The molecule has 0 saturated carbocycles. The van der Waals surface area contributed by atoms with Crippen LogP contribution in [-0.2, 0) is 9.59 Å². The molecule has 0 fully saturated rings. The summed E-state index contributed by atoms with van der Waals surface area (Å²) in [6.07, 6.45) is -1.06. The molecule has 0 unspecified atom stereocenters. The number of halogens is 3. The molecule has 1 atom stereocenters. The molecule has 0 aliphatic carbocycles. The molecular formula is C21H21Cl2FN2O5. The summed E-state index contributed by atoms with van der Waals surface area (Å²) in [5, 5.41) is 15.3. The van der Waals surface area contributed by atoms with Crippen LogP contribution in [0.3, 0.4) is 0 Å². The van der Waals surface area contributed by atoms with E-state index in [4.69, 9.17) is 27.9 Å². The lowest BCUT2D eigenvalue weighted by atomic mass is 10.1. The number of benzene rings is 2. The van der Waals surface area contributed by atoms with Crippen molar-refractivity contribution in [2.45, 2.75) is 18.9 Å². The van der Waals surface area contributed by atoms with E-state index in [1.54, 1.807) is 12.1 Å². The first-order chi connectivity index (χ1) is 14.7. The first kappa shape index (κ1) is 24.6. The maximum atomic E-state index is 13.3. The van der Waals surface area contributed by atoms with Crippen LogP contribution in [0.5, 0.6) is 5.75 Å². The highest BCUT2D eigenvalue weighted by molar-refractivity contribution is 6.31. The number of aliphatic hydroxyl groups excluding tert-OH is 1. The number of ether oxygens (including phenoxy) is 1. The predicted octanol–water partition coefficient (Wildman–Crippen LogP) is 2.77. The van der Waals surface area contributed by atoms with Crippen molar-refractivity contribution in [3.63, 3.8) is 0 Å². The quantitative estimate of drug-likeness (QED) is 0.346. The molecule has 166 valence electrons. The molecule has 2 rings (SSSR count). The smallest absolute Gasteiger partial charge is 0.258 e. The van der Waals surface area contributed by atoms with Crippen LogP contribution < -0.4 is 15.4 Å².